The van der Waals surface area contributed by atoms with Crippen LogP contribution in [0, 0.1) is 12.3 Å². The standard InChI is InChI=1S/C11H11NO3/c1-2-8-15-10(11(13)12-14)9-6-4-3-5-7-9/h1,3-7,10,14H,8H2,(H,12,13). The van der Waals surface area contributed by atoms with E-state index < -0.39 is 12.0 Å². The summed E-state index contributed by atoms with van der Waals surface area (Å²) in [6.07, 6.45) is 4.15. The Hall–Kier alpha value is -1.83. The molecule has 0 aromatic heterocycles. The normalized spacial score (nSPS) is 11.5. The number of ether oxygens (including phenoxy) is 1. The SMILES string of the molecule is C#CCOC(C(=O)NO)c1ccccc1. The number of carbonyl (C=O) groups is 1. The zero-order valence-electron chi connectivity index (χ0n) is 8.01. The first kappa shape index (κ1) is 11.2. The molecule has 1 aromatic carbocycles. The summed E-state index contributed by atoms with van der Waals surface area (Å²) in [5, 5.41) is 8.53. The van der Waals surface area contributed by atoms with Gasteiger partial charge in [0.1, 0.15) is 6.61 Å². The summed E-state index contributed by atoms with van der Waals surface area (Å²) in [6.45, 7) is 0.00693. The predicted octanol–water partition coefficient (Wildman–Crippen LogP) is 0.883. The molecular weight excluding hydrogens is 194 g/mol. The van der Waals surface area contributed by atoms with Gasteiger partial charge in [-0.15, -0.1) is 6.42 Å². The Labute approximate surface area is 87.8 Å². The van der Waals surface area contributed by atoms with Gasteiger partial charge in [-0.1, -0.05) is 36.3 Å². The molecule has 0 aliphatic carbocycles. The third-order valence-electron chi connectivity index (χ3n) is 1.78. The molecule has 1 rings (SSSR count). The second-order valence-corrected chi connectivity index (χ2v) is 2.78. The smallest absolute Gasteiger partial charge is 0.277 e. The minimum Gasteiger partial charge on any atom is -0.351 e. The Morgan fingerprint density at radius 1 is 1.53 bits per heavy atom. The van der Waals surface area contributed by atoms with Crippen LogP contribution in [0.1, 0.15) is 11.7 Å². The summed E-state index contributed by atoms with van der Waals surface area (Å²) in [5.74, 6) is 1.62. The van der Waals surface area contributed by atoms with Crippen molar-refractivity contribution in [2.45, 2.75) is 6.10 Å². The maximum atomic E-state index is 11.3. The third-order valence-corrected chi connectivity index (χ3v) is 1.78. The van der Waals surface area contributed by atoms with Crippen molar-refractivity contribution in [2.24, 2.45) is 0 Å². The highest BCUT2D eigenvalue weighted by Gasteiger charge is 2.19. The summed E-state index contributed by atoms with van der Waals surface area (Å²) in [6, 6.07) is 8.80. The number of hydrogen-bond donors (Lipinski definition) is 2. The second kappa shape index (κ2) is 5.81. The second-order valence-electron chi connectivity index (χ2n) is 2.78. The number of benzene rings is 1. The molecule has 0 heterocycles. The lowest BCUT2D eigenvalue weighted by Crippen LogP contribution is -2.28. The van der Waals surface area contributed by atoms with Crippen LogP contribution in [0.3, 0.4) is 0 Å². The van der Waals surface area contributed by atoms with E-state index in [0.29, 0.717) is 5.56 Å². The van der Waals surface area contributed by atoms with Gasteiger partial charge in [0.2, 0.25) is 0 Å². The van der Waals surface area contributed by atoms with Gasteiger partial charge in [0.25, 0.3) is 5.91 Å². The summed E-state index contributed by atoms with van der Waals surface area (Å²) in [5.41, 5.74) is 2.18. The number of carbonyl (C=O) groups excluding carboxylic acids is 1. The molecule has 0 aliphatic heterocycles. The first-order chi connectivity index (χ1) is 7.29. The highest BCUT2D eigenvalue weighted by atomic mass is 16.5. The van der Waals surface area contributed by atoms with Gasteiger partial charge in [-0.25, -0.2) is 5.48 Å². The van der Waals surface area contributed by atoms with Gasteiger partial charge < -0.3 is 4.74 Å². The van der Waals surface area contributed by atoms with Crippen molar-refractivity contribution in [1.82, 2.24) is 5.48 Å². The highest BCUT2D eigenvalue weighted by Crippen LogP contribution is 2.16. The molecule has 4 heteroatoms. The number of amides is 1. The number of terminal acetylenes is 1. The van der Waals surface area contributed by atoms with Crippen LogP contribution in [0.2, 0.25) is 0 Å². The van der Waals surface area contributed by atoms with Gasteiger partial charge in [-0.2, -0.15) is 0 Å². The van der Waals surface area contributed by atoms with Gasteiger partial charge in [0.15, 0.2) is 6.10 Å². The van der Waals surface area contributed by atoms with Crippen molar-refractivity contribution in [3.8, 4) is 12.3 Å². The molecule has 0 aliphatic rings. The average molecular weight is 205 g/mol. The van der Waals surface area contributed by atoms with Crippen molar-refractivity contribution in [2.75, 3.05) is 6.61 Å². The van der Waals surface area contributed by atoms with Gasteiger partial charge in [0.05, 0.1) is 0 Å². The van der Waals surface area contributed by atoms with Crippen LogP contribution >= 0.6 is 0 Å². The Balaban J connectivity index is 2.82. The average Bonchev–Trinajstić information content (AvgIpc) is 2.30. The molecule has 0 bridgehead atoms. The molecule has 0 saturated heterocycles. The molecule has 1 amide bonds. The molecule has 0 radical (unpaired) electrons. The molecule has 2 N–H and O–H groups in total. The Morgan fingerprint density at radius 2 is 2.20 bits per heavy atom. The minimum absolute atomic E-state index is 0.00693. The van der Waals surface area contributed by atoms with Crippen molar-refractivity contribution in [3.05, 3.63) is 35.9 Å². The summed E-state index contributed by atoms with van der Waals surface area (Å²) >= 11 is 0. The molecule has 1 atom stereocenters. The monoisotopic (exact) mass is 205 g/mol. The molecule has 0 saturated carbocycles. The van der Waals surface area contributed by atoms with E-state index in [-0.39, 0.29) is 6.61 Å². The molecule has 15 heavy (non-hydrogen) atoms. The van der Waals surface area contributed by atoms with Gasteiger partial charge in [0, 0.05) is 0 Å². The molecule has 78 valence electrons. The topological polar surface area (TPSA) is 58.6 Å². The number of rotatable bonds is 4. The van der Waals surface area contributed by atoms with E-state index >= 15 is 0 Å². The Bertz CT molecular complexity index is 356. The van der Waals surface area contributed by atoms with Crippen LogP contribution in [0.4, 0.5) is 0 Å². The van der Waals surface area contributed by atoms with Crippen LogP contribution in [0.15, 0.2) is 30.3 Å². The van der Waals surface area contributed by atoms with Crippen molar-refractivity contribution < 1.29 is 14.7 Å². The minimum atomic E-state index is -0.882. The van der Waals surface area contributed by atoms with E-state index in [2.05, 4.69) is 5.92 Å². The molecule has 4 nitrogen and oxygen atoms in total. The summed E-state index contributed by atoms with van der Waals surface area (Å²) < 4.78 is 5.12. The first-order valence-electron chi connectivity index (χ1n) is 4.33. The zero-order chi connectivity index (χ0) is 11.1. The van der Waals surface area contributed by atoms with E-state index in [1.807, 2.05) is 6.07 Å². The fourth-order valence-electron chi connectivity index (χ4n) is 1.14. The van der Waals surface area contributed by atoms with E-state index in [1.165, 1.54) is 5.48 Å². The lowest BCUT2D eigenvalue weighted by atomic mass is 10.1. The fourth-order valence-corrected chi connectivity index (χ4v) is 1.14. The Morgan fingerprint density at radius 3 is 2.73 bits per heavy atom. The predicted molar refractivity (Wildman–Crippen MR) is 53.9 cm³/mol. The highest BCUT2D eigenvalue weighted by molar-refractivity contribution is 5.81. The van der Waals surface area contributed by atoms with Gasteiger partial charge in [-0.3, -0.25) is 10.0 Å². The van der Waals surface area contributed by atoms with Crippen molar-refractivity contribution in [3.63, 3.8) is 0 Å². The van der Waals surface area contributed by atoms with E-state index in [4.69, 9.17) is 16.4 Å². The number of hydroxylamine groups is 1. The maximum Gasteiger partial charge on any atom is 0.277 e. The lowest BCUT2D eigenvalue weighted by Gasteiger charge is -2.14. The molecule has 1 unspecified atom stereocenters. The summed E-state index contributed by atoms with van der Waals surface area (Å²) in [7, 11) is 0. The largest absolute Gasteiger partial charge is 0.351 e. The third kappa shape index (κ3) is 3.09. The van der Waals surface area contributed by atoms with E-state index in [1.54, 1.807) is 24.3 Å². The van der Waals surface area contributed by atoms with E-state index in [9.17, 15) is 4.79 Å². The van der Waals surface area contributed by atoms with Crippen LogP contribution in [0.25, 0.3) is 0 Å². The van der Waals surface area contributed by atoms with E-state index in [0.717, 1.165) is 0 Å². The molecule has 0 spiro atoms. The Kier molecular flexibility index (Phi) is 4.35. The molecular formula is C11H11NO3. The van der Waals surface area contributed by atoms with Crippen LogP contribution in [-0.4, -0.2) is 17.7 Å². The lowest BCUT2D eigenvalue weighted by molar-refractivity contribution is -0.141. The quantitative estimate of drug-likeness (QED) is 0.436. The molecule has 0 fully saturated rings. The molecule has 1 aromatic rings. The number of nitrogens with one attached hydrogen (secondary N) is 1. The van der Waals surface area contributed by atoms with Crippen LogP contribution in [0.5, 0.6) is 0 Å². The van der Waals surface area contributed by atoms with Crippen LogP contribution < -0.4 is 5.48 Å². The fraction of sp³-hybridized carbons (Fsp3) is 0.182. The maximum absolute atomic E-state index is 11.3. The zero-order valence-corrected chi connectivity index (χ0v) is 8.01. The van der Waals surface area contributed by atoms with Gasteiger partial charge >= 0.3 is 0 Å². The van der Waals surface area contributed by atoms with Gasteiger partial charge in [-0.05, 0) is 5.56 Å². The number of hydrogen-bond acceptors (Lipinski definition) is 3. The van der Waals surface area contributed by atoms with Crippen molar-refractivity contribution >= 4 is 5.91 Å². The first-order valence-corrected chi connectivity index (χ1v) is 4.33. The van der Waals surface area contributed by atoms with Crippen LogP contribution in [-0.2, 0) is 9.53 Å². The van der Waals surface area contributed by atoms with Crippen molar-refractivity contribution in [1.29, 1.82) is 0 Å². The summed E-state index contributed by atoms with van der Waals surface area (Å²) in [4.78, 5) is 11.3.